The van der Waals surface area contributed by atoms with Crippen molar-refractivity contribution >= 4 is 6.09 Å². The van der Waals surface area contributed by atoms with E-state index < -0.39 is 0 Å². The number of rotatable bonds is 1. The van der Waals surface area contributed by atoms with Crippen LogP contribution in [0.2, 0.25) is 0 Å². The molecule has 0 saturated carbocycles. The van der Waals surface area contributed by atoms with E-state index in [4.69, 9.17) is 4.74 Å². The summed E-state index contributed by atoms with van der Waals surface area (Å²) in [5.74, 6) is 0.524. The molecule has 14 heavy (non-hydrogen) atoms. The molecule has 3 nitrogen and oxygen atoms in total. The van der Waals surface area contributed by atoms with E-state index >= 15 is 0 Å². The van der Waals surface area contributed by atoms with E-state index in [1.54, 1.807) is 0 Å². The summed E-state index contributed by atoms with van der Waals surface area (Å²) >= 11 is 0. The fourth-order valence-corrected chi connectivity index (χ4v) is 1.65. The number of hydrogen-bond donors (Lipinski definition) is 0. The van der Waals surface area contributed by atoms with Crippen LogP contribution in [0.5, 0.6) is 0 Å². The largest absolute Gasteiger partial charge is 0.444 e. The van der Waals surface area contributed by atoms with Crippen LogP contribution in [0.1, 0.15) is 41.0 Å². The van der Waals surface area contributed by atoms with Crippen molar-refractivity contribution in [2.75, 3.05) is 6.54 Å². The maximum absolute atomic E-state index is 11.7. The van der Waals surface area contributed by atoms with Crippen molar-refractivity contribution in [3.8, 4) is 0 Å². The van der Waals surface area contributed by atoms with Crippen molar-refractivity contribution in [2.45, 2.75) is 52.7 Å². The number of amides is 1. The lowest BCUT2D eigenvalue weighted by molar-refractivity contribution is -0.0143. The van der Waals surface area contributed by atoms with Crippen molar-refractivity contribution in [3.63, 3.8) is 0 Å². The predicted octanol–water partition coefficient (Wildman–Crippen LogP) is 2.65. The molecule has 0 unspecified atom stereocenters. The standard InChI is InChI=1S/C11H21NO2/c1-8(2)9-6-7-12(9)10(13)14-11(3,4)5/h8-9H,6-7H2,1-5H3/t9-/m1/s1. The first-order valence-electron chi connectivity index (χ1n) is 5.31. The fraction of sp³-hybridized carbons (Fsp3) is 0.909. The summed E-state index contributed by atoms with van der Waals surface area (Å²) in [6.45, 7) is 10.8. The topological polar surface area (TPSA) is 29.5 Å². The minimum Gasteiger partial charge on any atom is -0.444 e. The molecular formula is C11H21NO2. The van der Waals surface area contributed by atoms with Crippen LogP contribution in [0.4, 0.5) is 4.79 Å². The van der Waals surface area contributed by atoms with Gasteiger partial charge >= 0.3 is 6.09 Å². The highest BCUT2D eigenvalue weighted by Crippen LogP contribution is 2.26. The highest BCUT2D eigenvalue weighted by molar-refractivity contribution is 5.69. The molecule has 0 radical (unpaired) electrons. The third-order valence-corrected chi connectivity index (χ3v) is 2.46. The van der Waals surface area contributed by atoms with E-state index in [0.717, 1.165) is 13.0 Å². The third kappa shape index (κ3) is 2.63. The Bertz CT molecular complexity index is 218. The monoisotopic (exact) mass is 199 g/mol. The van der Waals surface area contributed by atoms with Gasteiger partial charge in [-0.05, 0) is 33.1 Å². The molecule has 3 heteroatoms. The first-order valence-corrected chi connectivity index (χ1v) is 5.31. The molecule has 1 rings (SSSR count). The van der Waals surface area contributed by atoms with E-state index in [9.17, 15) is 4.79 Å². The van der Waals surface area contributed by atoms with E-state index in [2.05, 4.69) is 13.8 Å². The van der Waals surface area contributed by atoms with Crippen molar-refractivity contribution in [1.82, 2.24) is 4.90 Å². The molecule has 0 aromatic carbocycles. The normalized spacial score (nSPS) is 22.1. The SMILES string of the molecule is CC(C)[C@H]1CCN1C(=O)OC(C)(C)C. The second-order valence-electron chi connectivity index (χ2n) is 5.27. The number of carbonyl (C=O) groups excluding carboxylic acids is 1. The molecule has 82 valence electrons. The Morgan fingerprint density at radius 2 is 2.00 bits per heavy atom. The van der Waals surface area contributed by atoms with Gasteiger partial charge in [0, 0.05) is 12.6 Å². The molecule has 1 heterocycles. The van der Waals surface area contributed by atoms with E-state index in [-0.39, 0.29) is 11.7 Å². The van der Waals surface area contributed by atoms with Crippen LogP contribution >= 0.6 is 0 Å². The first-order chi connectivity index (χ1) is 6.31. The van der Waals surface area contributed by atoms with Gasteiger partial charge < -0.3 is 9.64 Å². The van der Waals surface area contributed by atoms with Crippen LogP contribution in [0.15, 0.2) is 0 Å². The average Bonchev–Trinajstić information content (AvgIpc) is 1.75. The van der Waals surface area contributed by atoms with Crippen LogP contribution in [-0.2, 0) is 4.74 Å². The van der Waals surface area contributed by atoms with Gasteiger partial charge in [-0.3, -0.25) is 0 Å². The molecule has 0 aliphatic carbocycles. The molecule has 0 bridgehead atoms. The number of likely N-dealkylation sites (tertiary alicyclic amines) is 1. The molecule has 0 spiro atoms. The summed E-state index contributed by atoms with van der Waals surface area (Å²) in [5.41, 5.74) is -0.381. The number of carbonyl (C=O) groups is 1. The summed E-state index contributed by atoms with van der Waals surface area (Å²) < 4.78 is 5.31. The lowest BCUT2D eigenvalue weighted by atomic mass is 9.92. The summed E-state index contributed by atoms with van der Waals surface area (Å²) in [7, 11) is 0. The lowest BCUT2D eigenvalue weighted by Crippen LogP contribution is -2.54. The molecule has 1 saturated heterocycles. The second-order valence-corrected chi connectivity index (χ2v) is 5.27. The molecule has 1 aliphatic heterocycles. The smallest absolute Gasteiger partial charge is 0.410 e. The van der Waals surface area contributed by atoms with Crippen LogP contribution in [0.3, 0.4) is 0 Å². The fourth-order valence-electron chi connectivity index (χ4n) is 1.65. The molecule has 1 atom stereocenters. The minimum atomic E-state index is -0.381. The Hall–Kier alpha value is -0.730. The Kier molecular flexibility index (Phi) is 3.07. The van der Waals surface area contributed by atoms with Gasteiger partial charge in [0.1, 0.15) is 5.60 Å². The van der Waals surface area contributed by atoms with E-state index in [1.807, 2.05) is 25.7 Å². The van der Waals surface area contributed by atoms with Crippen molar-refractivity contribution in [3.05, 3.63) is 0 Å². The Morgan fingerprint density at radius 1 is 1.43 bits per heavy atom. The number of nitrogens with zero attached hydrogens (tertiary/aromatic N) is 1. The zero-order chi connectivity index (χ0) is 10.9. The number of hydrogen-bond acceptors (Lipinski definition) is 2. The molecule has 0 aromatic heterocycles. The van der Waals surface area contributed by atoms with Gasteiger partial charge in [-0.1, -0.05) is 13.8 Å². The lowest BCUT2D eigenvalue weighted by Gasteiger charge is -2.43. The Labute approximate surface area is 86.4 Å². The molecule has 1 aliphatic rings. The summed E-state index contributed by atoms with van der Waals surface area (Å²) in [6, 6.07) is 0.379. The van der Waals surface area contributed by atoms with E-state index in [1.165, 1.54) is 0 Å². The van der Waals surface area contributed by atoms with Crippen molar-refractivity contribution < 1.29 is 9.53 Å². The van der Waals surface area contributed by atoms with Gasteiger partial charge in [0.25, 0.3) is 0 Å². The number of ether oxygens (including phenoxy) is 1. The van der Waals surface area contributed by atoms with Crippen molar-refractivity contribution in [2.24, 2.45) is 5.92 Å². The zero-order valence-corrected chi connectivity index (χ0v) is 9.83. The first kappa shape index (κ1) is 11.3. The molecule has 1 amide bonds. The zero-order valence-electron chi connectivity index (χ0n) is 9.83. The van der Waals surface area contributed by atoms with Gasteiger partial charge in [0.15, 0.2) is 0 Å². The van der Waals surface area contributed by atoms with Gasteiger partial charge in [0.05, 0.1) is 0 Å². The summed E-state index contributed by atoms with van der Waals surface area (Å²) in [6.07, 6.45) is 0.944. The maximum atomic E-state index is 11.7. The Balaban J connectivity index is 2.46. The quantitative estimate of drug-likeness (QED) is 0.649. The highest BCUT2D eigenvalue weighted by Gasteiger charge is 2.36. The van der Waals surface area contributed by atoms with E-state index in [0.29, 0.717) is 12.0 Å². The maximum Gasteiger partial charge on any atom is 0.410 e. The van der Waals surface area contributed by atoms with Crippen LogP contribution in [0.25, 0.3) is 0 Å². The van der Waals surface area contributed by atoms with Crippen molar-refractivity contribution in [1.29, 1.82) is 0 Å². The van der Waals surface area contributed by atoms with Gasteiger partial charge in [-0.25, -0.2) is 4.79 Å². The predicted molar refractivity (Wildman–Crippen MR) is 56.2 cm³/mol. The minimum absolute atomic E-state index is 0.164. The Morgan fingerprint density at radius 3 is 2.29 bits per heavy atom. The molecular weight excluding hydrogens is 178 g/mol. The second kappa shape index (κ2) is 3.79. The summed E-state index contributed by atoms with van der Waals surface area (Å²) in [5, 5.41) is 0. The van der Waals surface area contributed by atoms with Gasteiger partial charge in [-0.2, -0.15) is 0 Å². The molecule has 0 N–H and O–H groups in total. The van der Waals surface area contributed by atoms with Gasteiger partial charge in [-0.15, -0.1) is 0 Å². The molecule has 1 fully saturated rings. The summed E-state index contributed by atoms with van der Waals surface area (Å²) in [4.78, 5) is 13.5. The van der Waals surface area contributed by atoms with Crippen LogP contribution < -0.4 is 0 Å². The van der Waals surface area contributed by atoms with Crippen LogP contribution in [-0.4, -0.2) is 29.2 Å². The highest BCUT2D eigenvalue weighted by atomic mass is 16.6. The average molecular weight is 199 g/mol. The van der Waals surface area contributed by atoms with Crippen LogP contribution in [0, 0.1) is 5.92 Å². The van der Waals surface area contributed by atoms with Gasteiger partial charge in [0.2, 0.25) is 0 Å². The third-order valence-electron chi connectivity index (χ3n) is 2.46. The molecule has 0 aromatic rings.